The number of amides is 1. The third-order valence-corrected chi connectivity index (χ3v) is 3.24. The van der Waals surface area contributed by atoms with Crippen molar-refractivity contribution in [3.05, 3.63) is 0 Å². The Bertz CT molecular complexity index is 261. The van der Waals surface area contributed by atoms with Crippen LogP contribution in [0.4, 0.5) is 0 Å². The zero-order valence-corrected chi connectivity index (χ0v) is 10.9. The second-order valence-corrected chi connectivity index (χ2v) is 5.92. The topological polar surface area (TPSA) is 67.2 Å². The average molecular weight is 227 g/mol. The van der Waals surface area contributed by atoms with Gasteiger partial charge >= 0.3 is 0 Å². The lowest BCUT2D eigenvalue weighted by Gasteiger charge is -2.27. The van der Waals surface area contributed by atoms with Gasteiger partial charge in [0.05, 0.1) is 5.92 Å². The van der Waals surface area contributed by atoms with E-state index in [1.54, 1.807) is 0 Å². The largest absolute Gasteiger partial charge is 0.356 e. The van der Waals surface area contributed by atoms with E-state index in [2.05, 4.69) is 38.3 Å². The van der Waals surface area contributed by atoms with Gasteiger partial charge in [0.25, 0.3) is 0 Å². The molecule has 0 radical (unpaired) electrons. The molecule has 1 fully saturated rings. The molecule has 4 heteroatoms. The summed E-state index contributed by atoms with van der Waals surface area (Å²) in [5.41, 5.74) is 5.31. The van der Waals surface area contributed by atoms with Crippen molar-refractivity contribution in [2.75, 3.05) is 13.1 Å². The normalized spacial score (nSPS) is 26.7. The average Bonchev–Trinajstić information content (AvgIpc) is 2.34. The highest BCUT2D eigenvalue weighted by Crippen LogP contribution is 2.35. The van der Waals surface area contributed by atoms with Gasteiger partial charge in [-0.1, -0.05) is 0 Å². The van der Waals surface area contributed by atoms with Gasteiger partial charge in [-0.2, -0.15) is 0 Å². The summed E-state index contributed by atoms with van der Waals surface area (Å²) in [6.07, 6.45) is 1.73. The lowest BCUT2D eigenvalue weighted by molar-refractivity contribution is -0.126. The molecule has 0 aromatic rings. The maximum absolute atomic E-state index is 12.0. The fourth-order valence-corrected chi connectivity index (χ4v) is 2.63. The van der Waals surface area contributed by atoms with E-state index in [1.807, 2.05) is 0 Å². The molecule has 4 N–H and O–H groups in total. The second-order valence-electron chi connectivity index (χ2n) is 5.92. The van der Waals surface area contributed by atoms with Gasteiger partial charge < -0.3 is 16.4 Å². The Kier molecular flexibility index (Phi) is 3.97. The van der Waals surface area contributed by atoms with E-state index in [4.69, 9.17) is 5.73 Å². The minimum atomic E-state index is -0.129. The highest BCUT2D eigenvalue weighted by Gasteiger charge is 2.47. The van der Waals surface area contributed by atoms with Gasteiger partial charge in [0.1, 0.15) is 0 Å². The number of nitrogens with two attached hydrogens (primary N) is 1. The summed E-state index contributed by atoms with van der Waals surface area (Å²) in [4.78, 5) is 12.0. The van der Waals surface area contributed by atoms with Crippen LogP contribution in [0.3, 0.4) is 0 Å². The van der Waals surface area contributed by atoms with Crippen molar-refractivity contribution in [3.8, 4) is 0 Å². The van der Waals surface area contributed by atoms with Gasteiger partial charge in [-0.15, -0.1) is 0 Å². The fraction of sp³-hybridized carbons (Fsp3) is 0.917. The zero-order chi connectivity index (χ0) is 12.4. The van der Waals surface area contributed by atoms with E-state index in [0.717, 1.165) is 12.8 Å². The summed E-state index contributed by atoms with van der Waals surface area (Å²) in [5, 5.41) is 6.47. The van der Waals surface area contributed by atoms with Crippen molar-refractivity contribution in [1.82, 2.24) is 10.6 Å². The number of nitrogens with one attached hydrogen (secondary N) is 2. The van der Waals surface area contributed by atoms with Crippen molar-refractivity contribution in [1.29, 1.82) is 0 Å². The predicted octanol–water partition coefficient (Wildman–Crippen LogP) is 0.618. The quantitative estimate of drug-likeness (QED) is 0.617. The molecule has 0 saturated carbocycles. The summed E-state index contributed by atoms with van der Waals surface area (Å²) in [6.45, 7) is 9.77. The van der Waals surface area contributed by atoms with Crippen molar-refractivity contribution in [2.24, 2.45) is 11.7 Å². The lowest BCUT2D eigenvalue weighted by atomic mass is 9.86. The molecule has 1 unspecified atom stereocenters. The van der Waals surface area contributed by atoms with Crippen LogP contribution in [0.1, 0.15) is 40.5 Å². The first-order chi connectivity index (χ1) is 7.28. The Labute approximate surface area is 98.3 Å². The first kappa shape index (κ1) is 13.5. The lowest BCUT2D eigenvalue weighted by Crippen LogP contribution is -2.48. The summed E-state index contributed by atoms with van der Waals surface area (Å²) >= 11 is 0. The standard InChI is InChI=1S/C12H25N3O/c1-11(2)8-9(12(3,4)15-11)10(16)14-7-5-6-13/h9,15H,5-8,13H2,1-4H3,(H,14,16). The van der Waals surface area contributed by atoms with Crippen LogP contribution < -0.4 is 16.4 Å². The number of carbonyl (C=O) groups is 1. The molecule has 4 nitrogen and oxygen atoms in total. The van der Waals surface area contributed by atoms with Crippen LogP contribution >= 0.6 is 0 Å². The predicted molar refractivity (Wildman–Crippen MR) is 66.1 cm³/mol. The Morgan fingerprint density at radius 2 is 2.06 bits per heavy atom. The summed E-state index contributed by atoms with van der Waals surface area (Å²) < 4.78 is 0. The van der Waals surface area contributed by atoms with Crippen LogP contribution in [0.25, 0.3) is 0 Å². The Morgan fingerprint density at radius 3 is 2.50 bits per heavy atom. The molecule has 0 aliphatic carbocycles. The van der Waals surface area contributed by atoms with E-state index in [0.29, 0.717) is 13.1 Å². The first-order valence-corrected chi connectivity index (χ1v) is 6.06. The maximum atomic E-state index is 12.0. The Balaban J connectivity index is 2.56. The minimum absolute atomic E-state index is 0.0410. The molecule has 1 saturated heterocycles. The summed E-state index contributed by atoms with van der Waals surface area (Å²) in [5.74, 6) is 0.191. The van der Waals surface area contributed by atoms with Crippen LogP contribution in [-0.4, -0.2) is 30.1 Å². The van der Waals surface area contributed by atoms with Crippen LogP contribution in [0.15, 0.2) is 0 Å². The highest BCUT2D eigenvalue weighted by atomic mass is 16.2. The van der Waals surface area contributed by atoms with E-state index in [1.165, 1.54) is 0 Å². The monoisotopic (exact) mass is 227 g/mol. The number of hydrogen-bond acceptors (Lipinski definition) is 3. The maximum Gasteiger partial charge on any atom is 0.225 e. The Hall–Kier alpha value is -0.610. The van der Waals surface area contributed by atoms with Gasteiger partial charge in [-0.3, -0.25) is 4.79 Å². The smallest absolute Gasteiger partial charge is 0.225 e. The van der Waals surface area contributed by atoms with Crippen LogP contribution in [-0.2, 0) is 4.79 Å². The molecule has 0 aromatic heterocycles. The molecule has 1 amide bonds. The van der Waals surface area contributed by atoms with E-state index >= 15 is 0 Å². The van der Waals surface area contributed by atoms with Crippen molar-refractivity contribution >= 4 is 5.91 Å². The SMILES string of the molecule is CC1(C)CC(C(=O)NCCCN)C(C)(C)N1. The van der Waals surface area contributed by atoms with Gasteiger partial charge in [0, 0.05) is 17.6 Å². The molecule has 1 heterocycles. The van der Waals surface area contributed by atoms with Gasteiger partial charge in [-0.25, -0.2) is 0 Å². The first-order valence-electron chi connectivity index (χ1n) is 6.06. The molecule has 1 rings (SSSR count). The van der Waals surface area contributed by atoms with Crippen molar-refractivity contribution < 1.29 is 4.79 Å². The summed E-state index contributed by atoms with van der Waals surface area (Å²) in [7, 11) is 0. The van der Waals surface area contributed by atoms with E-state index in [-0.39, 0.29) is 22.9 Å². The molecule has 0 aromatic carbocycles. The number of carbonyl (C=O) groups excluding carboxylic acids is 1. The molecule has 1 atom stereocenters. The molecular weight excluding hydrogens is 202 g/mol. The number of rotatable bonds is 4. The second kappa shape index (κ2) is 4.72. The molecule has 1 aliphatic heterocycles. The molecule has 16 heavy (non-hydrogen) atoms. The van der Waals surface area contributed by atoms with Crippen molar-refractivity contribution in [2.45, 2.75) is 51.6 Å². The van der Waals surface area contributed by atoms with Gasteiger partial charge in [0.15, 0.2) is 0 Å². The molecule has 0 spiro atoms. The molecule has 1 aliphatic rings. The fourth-order valence-electron chi connectivity index (χ4n) is 2.63. The van der Waals surface area contributed by atoms with E-state index in [9.17, 15) is 4.79 Å². The molecule has 0 bridgehead atoms. The third-order valence-electron chi connectivity index (χ3n) is 3.24. The van der Waals surface area contributed by atoms with Crippen LogP contribution in [0, 0.1) is 5.92 Å². The Morgan fingerprint density at radius 1 is 1.44 bits per heavy atom. The molecular formula is C12H25N3O. The van der Waals surface area contributed by atoms with Crippen LogP contribution in [0.2, 0.25) is 0 Å². The third kappa shape index (κ3) is 3.19. The number of hydrogen-bond donors (Lipinski definition) is 3. The van der Waals surface area contributed by atoms with Gasteiger partial charge in [0.2, 0.25) is 5.91 Å². The van der Waals surface area contributed by atoms with Crippen LogP contribution in [0.5, 0.6) is 0 Å². The highest BCUT2D eigenvalue weighted by molar-refractivity contribution is 5.80. The van der Waals surface area contributed by atoms with Gasteiger partial charge in [-0.05, 0) is 47.1 Å². The molecule has 94 valence electrons. The minimum Gasteiger partial charge on any atom is -0.356 e. The zero-order valence-electron chi connectivity index (χ0n) is 10.9. The van der Waals surface area contributed by atoms with Crippen molar-refractivity contribution in [3.63, 3.8) is 0 Å². The van der Waals surface area contributed by atoms with E-state index < -0.39 is 0 Å². The summed E-state index contributed by atoms with van der Waals surface area (Å²) in [6, 6.07) is 0.